The van der Waals surface area contributed by atoms with Crippen LogP contribution in [-0.4, -0.2) is 30.7 Å². The summed E-state index contributed by atoms with van der Waals surface area (Å²) >= 11 is 0. The molecule has 75 heavy (non-hydrogen) atoms. The van der Waals surface area contributed by atoms with Crippen LogP contribution in [0.5, 0.6) is 0 Å². The van der Waals surface area contributed by atoms with Gasteiger partial charge in [-0.1, -0.05) is 291 Å². The lowest BCUT2D eigenvalue weighted by Crippen LogP contribution is -2.78. The highest BCUT2D eigenvalue weighted by Crippen LogP contribution is 2.34. The minimum absolute atomic E-state index is 0.662. The van der Waals surface area contributed by atoms with Gasteiger partial charge in [-0.05, 0) is 64.8 Å². The Morgan fingerprint density at radius 3 is 1.04 bits per heavy atom. The minimum atomic E-state index is -3.30. The first-order valence-electron chi connectivity index (χ1n) is 25.7. The van der Waals surface area contributed by atoms with Gasteiger partial charge in [-0.2, -0.15) is 0 Å². The Morgan fingerprint density at radius 1 is 0.240 bits per heavy atom. The molecule has 2 heterocycles. The molecule has 0 bridgehead atoms. The highest BCUT2D eigenvalue weighted by Gasteiger charge is 2.46. The lowest BCUT2D eigenvalue weighted by Gasteiger charge is -2.38. The monoisotopic (exact) mass is 989 g/mol. The van der Waals surface area contributed by atoms with Gasteiger partial charge in [0.25, 0.3) is 0 Å². The molecule has 0 aliphatic rings. The summed E-state index contributed by atoms with van der Waals surface area (Å²) in [4.78, 5) is 11.5. The van der Waals surface area contributed by atoms with Gasteiger partial charge < -0.3 is 0 Å². The molecule has 0 amide bonds. The predicted molar refractivity (Wildman–Crippen MR) is 320 cm³/mol. The largest absolute Gasteiger partial charge is 0.294 e. The van der Waals surface area contributed by atoms with Crippen LogP contribution in [-0.2, 0) is 0 Å². The molecule has 0 aliphatic heterocycles. The summed E-state index contributed by atoms with van der Waals surface area (Å²) in [6.45, 7) is 0. The van der Waals surface area contributed by atoms with Crippen molar-refractivity contribution in [1.29, 1.82) is 0 Å². The van der Waals surface area contributed by atoms with Crippen LogP contribution in [0.2, 0.25) is 0 Å². The van der Waals surface area contributed by atoms with Gasteiger partial charge in [0.1, 0.15) is 5.82 Å². The molecule has 2 aromatic heterocycles. The van der Waals surface area contributed by atoms with E-state index in [1.165, 1.54) is 63.4 Å². The Kier molecular flexibility index (Phi) is 11.9. The normalized spacial score (nSPS) is 11.7. The second-order valence-electron chi connectivity index (χ2n) is 19.2. The molecule has 0 fully saturated rings. The first-order chi connectivity index (χ1) is 37.2. The maximum Gasteiger partial charge on any atom is 0.179 e. The topological polar surface area (TPSA) is 30.7 Å². The third-order valence-electron chi connectivity index (χ3n) is 15.1. The van der Waals surface area contributed by atoms with E-state index in [1.54, 1.807) is 0 Å². The number of hydrogen-bond donors (Lipinski definition) is 0. The average molecular weight is 990 g/mol. The summed E-state index contributed by atoms with van der Waals surface area (Å²) < 4.78 is 2.33. The van der Waals surface area contributed by atoms with Gasteiger partial charge in [0.2, 0.25) is 0 Å². The molecule has 0 N–H and O–H groups in total. The molecular formula is C70H51N3Si2. The van der Waals surface area contributed by atoms with Crippen LogP contribution in [0.25, 0.3) is 61.4 Å². The fourth-order valence-electron chi connectivity index (χ4n) is 11.8. The molecule has 3 nitrogen and oxygen atoms in total. The molecule has 354 valence electrons. The molecule has 0 unspecified atom stereocenters. The standard InChI is InChI=1S/C70H51N3Si2/c1-8-27-52(28-9-1)54-31-26-42-61(47-54)75(59-38-18-6-19-39-59,60-40-20-7-21-41-60)63-49-55(48-62(50-63)74(56-32-12-3-13-33-56,57-34-14-4-15-35-57)58-36-16-5-17-37-58)70-71-66(53-29-10-2-11-30-53)51-69(72-70)73-67-45-24-22-43-64(67)65-44-23-25-46-68(65)73/h1-51H. The third-order valence-corrected chi connectivity index (χ3v) is 24.6. The molecule has 0 saturated carbocycles. The van der Waals surface area contributed by atoms with E-state index < -0.39 is 16.1 Å². The molecule has 0 radical (unpaired) electrons. The van der Waals surface area contributed by atoms with Crippen LogP contribution >= 0.6 is 0 Å². The van der Waals surface area contributed by atoms with Crippen molar-refractivity contribution in [1.82, 2.24) is 14.5 Å². The lowest BCUT2D eigenvalue weighted by atomic mass is 10.1. The maximum atomic E-state index is 5.79. The van der Waals surface area contributed by atoms with Gasteiger partial charge in [-0.25, -0.2) is 9.97 Å². The van der Waals surface area contributed by atoms with Crippen molar-refractivity contribution in [3.8, 4) is 39.6 Å². The maximum absolute atomic E-state index is 5.79. The van der Waals surface area contributed by atoms with E-state index >= 15 is 0 Å². The Bertz CT molecular complexity index is 3910. The smallest absolute Gasteiger partial charge is 0.179 e. The summed E-state index contributed by atoms with van der Waals surface area (Å²) in [6, 6.07) is 114. The van der Waals surface area contributed by atoms with E-state index in [0.29, 0.717) is 5.82 Å². The van der Waals surface area contributed by atoms with Gasteiger partial charge >= 0.3 is 0 Å². The zero-order chi connectivity index (χ0) is 50.0. The van der Waals surface area contributed by atoms with E-state index in [9.17, 15) is 0 Å². The average Bonchev–Trinajstić information content (AvgIpc) is 3.85. The Labute approximate surface area is 440 Å². The summed E-state index contributed by atoms with van der Waals surface area (Å²) in [5.74, 6) is 1.47. The molecule has 0 aliphatic carbocycles. The highest BCUT2D eigenvalue weighted by atomic mass is 28.3. The highest BCUT2D eigenvalue weighted by molar-refractivity contribution is 7.22. The Hall–Kier alpha value is -9.27. The van der Waals surface area contributed by atoms with Crippen LogP contribution in [0.15, 0.2) is 309 Å². The third kappa shape index (κ3) is 7.97. The molecule has 0 spiro atoms. The van der Waals surface area contributed by atoms with Gasteiger partial charge in [-0.15, -0.1) is 0 Å². The van der Waals surface area contributed by atoms with Gasteiger partial charge in [0.15, 0.2) is 22.0 Å². The number of fused-ring (bicyclic) bond motifs is 3. The van der Waals surface area contributed by atoms with E-state index in [4.69, 9.17) is 9.97 Å². The number of hydrogen-bond acceptors (Lipinski definition) is 2. The van der Waals surface area contributed by atoms with Crippen molar-refractivity contribution in [2.24, 2.45) is 0 Å². The summed E-state index contributed by atoms with van der Waals surface area (Å²) in [7, 11) is -6.49. The molecule has 0 saturated heterocycles. The fourth-order valence-corrected chi connectivity index (χ4v) is 21.6. The van der Waals surface area contributed by atoms with E-state index in [0.717, 1.165) is 33.7 Å². The molecule has 0 atom stereocenters. The van der Waals surface area contributed by atoms with Gasteiger partial charge in [0.05, 0.1) is 16.7 Å². The number of para-hydroxylation sites is 2. The molecule has 11 aromatic carbocycles. The Balaban J connectivity index is 1.21. The SMILES string of the molecule is c1ccc(-c2cccc([Si](c3ccccc3)(c3ccccc3)c3cc(-c4nc(-c5ccccc5)cc(-n5c6ccccc6c6ccccc65)n4)cc([Si](c4ccccc4)(c4ccccc4)c4ccccc4)c3)c2)cc1. The molecule has 13 aromatic rings. The number of nitrogens with zero attached hydrogens (tertiary/aromatic N) is 3. The van der Waals surface area contributed by atoms with Crippen LogP contribution in [0.1, 0.15) is 0 Å². The molecule has 13 rings (SSSR count). The first-order valence-corrected chi connectivity index (χ1v) is 29.7. The summed E-state index contributed by atoms with van der Waals surface area (Å²) in [6.07, 6.45) is 0. The van der Waals surface area contributed by atoms with E-state index in [1.807, 2.05) is 0 Å². The Morgan fingerprint density at radius 2 is 0.587 bits per heavy atom. The van der Waals surface area contributed by atoms with Crippen LogP contribution < -0.4 is 41.5 Å². The minimum Gasteiger partial charge on any atom is -0.294 e. The van der Waals surface area contributed by atoms with Crippen molar-refractivity contribution in [2.75, 3.05) is 0 Å². The van der Waals surface area contributed by atoms with Gasteiger partial charge in [-0.3, -0.25) is 4.57 Å². The van der Waals surface area contributed by atoms with Crippen LogP contribution in [0.3, 0.4) is 0 Å². The van der Waals surface area contributed by atoms with E-state index in [-0.39, 0.29) is 0 Å². The molecule has 5 heteroatoms. The number of benzene rings is 11. The lowest BCUT2D eigenvalue weighted by molar-refractivity contribution is 1.05. The van der Waals surface area contributed by atoms with Crippen molar-refractivity contribution in [2.45, 2.75) is 0 Å². The predicted octanol–water partition coefficient (Wildman–Crippen LogP) is 11.3. The second-order valence-corrected chi connectivity index (χ2v) is 26.9. The van der Waals surface area contributed by atoms with Crippen LogP contribution in [0.4, 0.5) is 0 Å². The van der Waals surface area contributed by atoms with E-state index in [2.05, 4.69) is 314 Å². The first kappa shape index (κ1) is 45.6. The second kappa shape index (κ2) is 19.6. The van der Waals surface area contributed by atoms with Crippen molar-refractivity contribution in [3.63, 3.8) is 0 Å². The van der Waals surface area contributed by atoms with Crippen molar-refractivity contribution < 1.29 is 0 Å². The van der Waals surface area contributed by atoms with Crippen molar-refractivity contribution >= 4 is 79.4 Å². The molecular weight excluding hydrogens is 939 g/mol. The number of rotatable bonds is 12. The summed E-state index contributed by atoms with van der Waals surface area (Å²) in [5, 5.41) is 12.7. The van der Waals surface area contributed by atoms with Crippen molar-refractivity contribution in [3.05, 3.63) is 309 Å². The zero-order valence-electron chi connectivity index (χ0n) is 41.3. The zero-order valence-corrected chi connectivity index (χ0v) is 43.3. The summed E-state index contributed by atoms with van der Waals surface area (Å²) in [5.41, 5.74) is 7.40. The number of aromatic nitrogens is 3. The van der Waals surface area contributed by atoms with Gasteiger partial charge in [0, 0.05) is 28.0 Å². The quantitative estimate of drug-likeness (QED) is 0.0902. The fraction of sp³-hybridized carbons (Fsp3) is 0. The van der Waals surface area contributed by atoms with Crippen LogP contribution in [0, 0.1) is 0 Å².